The first-order valence-corrected chi connectivity index (χ1v) is 18.4. The smallest absolute Gasteiger partial charge is 0.0716 e. The number of unbranched alkanes of at least 4 members (excludes halogenated alkanes) is 2. The Balaban J connectivity index is 0.000000300. The average molecular weight is 679 g/mol. The molecule has 2 unspecified atom stereocenters. The van der Waals surface area contributed by atoms with Crippen molar-refractivity contribution in [2.24, 2.45) is 0 Å². The van der Waals surface area contributed by atoms with Crippen molar-refractivity contribution in [3.8, 4) is 0 Å². The summed E-state index contributed by atoms with van der Waals surface area (Å²) in [6, 6.07) is 33.3. The van der Waals surface area contributed by atoms with Gasteiger partial charge < -0.3 is 19.7 Å². The van der Waals surface area contributed by atoms with Crippen LogP contribution in [0.5, 0.6) is 0 Å². The van der Waals surface area contributed by atoms with Crippen LogP contribution < -0.4 is 0 Å². The highest BCUT2D eigenvalue weighted by Crippen LogP contribution is 2.32. The van der Waals surface area contributed by atoms with Gasteiger partial charge in [0.15, 0.2) is 0 Å². The van der Waals surface area contributed by atoms with Crippen molar-refractivity contribution in [3.63, 3.8) is 0 Å². The fourth-order valence-electron chi connectivity index (χ4n) is 5.32. The zero-order valence-corrected chi connectivity index (χ0v) is 31.2. The first kappa shape index (κ1) is 42.4. The lowest BCUT2D eigenvalue weighted by atomic mass is 9.84. The van der Waals surface area contributed by atoms with Crippen molar-refractivity contribution in [1.82, 2.24) is 0 Å². The van der Waals surface area contributed by atoms with E-state index in [-0.39, 0.29) is 13.2 Å². The molecule has 0 aromatic heterocycles. The van der Waals surface area contributed by atoms with E-state index < -0.39 is 0 Å². The summed E-state index contributed by atoms with van der Waals surface area (Å²) in [6.07, 6.45) is 10.6. The average Bonchev–Trinajstić information content (AvgIpc) is 3.18. The van der Waals surface area contributed by atoms with Crippen molar-refractivity contribution in [2.45, 2.75) is 104 Å². The number of benzene rings is 4. The fourth-order valence-corrected chi connectivity index (χ4v) is 5.32. The van der Waals surface area contributed by atoms with Crippen LogP contribution in [-0.4, -0.2) is 23.4 Å². The van der Waals surface area contributed by atoms with Crippen LogP contribution in [0.2, 0.25) is 0 Å². The Morgan fingerprint density at radius 1 is 0.560 bits per heavy atom. The normalized spacial score (nSPS) is 11.7. The Kier molecular flexibility index (Phi) is 22.1. The molecule has 4 aromatic carbocycles. The molecule has 0 spiro atoms. The van der Waals surface area contributed by atoms with E-state index >= 15 is 0 Å². The van der Waals surface area contributed by atoms with Crippen LogP contribution in [0.15, 0.2) is 110 Å². The second kappa shape index (κ2) is 26.1. The van der Waals surface area contributed by atoms with E-state index in [0.717, 1.165) is 67.8 Å². The van der Waals surface area contributed by atoms with E-state index in [4.69, 9.17) is 14.6 Å². The van der Waals surface area contributed by atoms with Crippen LogP contribution in [0.25, 0.3) is 12.2 Å². The summed E-state index contributed by atoms with van der Waals surface area (Å²) in [5.41, 5.74) is 9.40. The lowest BCUT2D eigenvalue weighted by Gasteiger charge is -2.21. The molecule has 0 heterocycles. The van der Waals surface area contributed by atoms with E-state index in [1.54, 1.807) is 6.08 Å². The van der Waals surface area contributed by atoms with Gasteiger partial charge in [-0.1, -0.05) is 163 Å². The summed E-state index contributed by atoms with van der Waals surface area (Å²) in [6.45, 7) is 19.6. The quantitative estimate of drug-likeness (QED) is 0.0969. The van der Waals surface area contributed by atoms with Gasteiger partial charge in [-0.3, -0.25) is 0 Å². The van der Waals surface area contributed by atoms with E-state index in [1.807, 2.05) is 42.5 Å². The van der Waals surface area contributed by atoms with Gasteiger partial charge in [0, 0.05) is 13.2 Å². The van der Waals surface area contributed by atoms with Crippen molar-refractivity contribution in [3.05, 3.63) is 155 Å². The van der Waals surface area contributed by atoms with Gasteiger partial charge in [0.2, 0.25) is 0 Å². The molecule has 270 valence electrons. The number of aliphatic hydroxyl groups is 2. The molecular weight excluding hydrogens is 617 g/mol. The van der Waals surface area contributed by atoms with Crippen LogP contribution in [0, 0.1) is 0 Å². The molecule has 0 fully saturated rings. The van der Waals surface area contributed by atoms with Gasteiger partial charge in [-0.15, -0.1) is 0 Å². The molecule has 0 radical (unpaired) electrons. The van der Waals surface area contributed by atoms with Crippen LogP contribution in [0.3, 0.4) is 0 Å². The van der Waals surface area contributed by atoms with Crippen molar-refractivity contribution >= 4 is 12.2 Å². The summed E-state index contributed by atoms with van der Waals surface area (Å²) in [7, 11) is 0. The predicted octanol–water partition coefficient (Wildman–Crippen LogP) is 11.7. The highest BCUT2D eigenvalue weighted by Gasteiger charge is 2.15. The molecule has 0 aliphatic carbocycles. The Morgan fingerprint density at radius 2 is 0.940 bits per heavy atom. The fraction of sp³-hybridized carbons (Fsp3) is 0.391. The van der Waals surface area contributed by atoms with Gasteiger partial charge in [0.05, 0.1) is 26.4 Å². The van der Waals surface area contributed by atoms with Crippen LogP contribution in [0.1, 0.15) is 123 Å². The maximum atomic E-state index is 9.19. The number of hydrogen-bond donors (Lipinski definition) is 2. The molecule has 0 amide bonds. The van der Waals surface area contributed by atoms with Gasteiger partial charge in [-0.2, -0.15) is 0 Å². The number of ether oxygens (including phenoxy) is 2. The molecule has 4 heteroatoms. The molecule has 0 bridgehead atoms. The maximum Gasteiger partial charge on any atom is 0.0716 e. The van der Waals surface area contributed by atoms with Gasteiger partial charge in [-0.25, -0.2) is 0 Å². The third-order valence-corrected chi connectivity index (χ3v) is 8.75. The van der Waals surface area contributed by atoms with Gasteiger partial charge in [0.1, 0.15) is 0 Å². The monoisotopic (exact) mass is 678 g/mol. The lowest BCUT2D eigenvalue weighted by molar-refractivity contribution is 0.118. The highest BCUT2D eigenvalue weighted by atomic mass is 16.5. The minimum absolute atomic E-state index is 0.109. The molecule has 0 saturated carbocycles. The Bertz CT molecular complexity index is 1420. The molecular formula is C46H62O4. The highest BCUT2D eigenvalue weighted by molar-refractivity contribution is 5.47. The van der Waals surface area contributed by atoms with E-state index in [9.17, 15) is 5.11 Å². The van der Waals surface area contributed by atoms with Crippen LogP contribution in [0.4, 0.5) is 0 Å². The lowest BCUT2D eigenvalue weighted by Crippen LogP contribution is -2.04. The summed E-state index contributed by atoms with van der Waals surface area (Å²) in [5, 5.41) is 17.9. The molecule has 2 atom stereocenters. The molecule has 0 saturated heterocycles. The molecule has 4 aromatic rings. The van der Waals surface area contributed by atoms with E-state index in [2.05, 4.69) is 102 Å². The minimum Gasteiger partial charge on any atom is -0.392 e. The predicted molar refractivity (Wildman–Crippen MR) is 213 cm³/mol. The van der Waals surface area contributed by atoms with Gasteiger partial charge >= 0.3 is 0 Å². The van der Waals surface area contributed by atoms with Crippen molar-refractivity contribution in [1.29, 1.82) is 0 Å². The van der Waals surface area contributed by atoms with Crippen LogP contribution >= 0.6 is 0 Å². The Morgan fingerprint density at radius 3 is 1.32 bits per heavy atom. The molecule has 4 nitrogen and oxygen atoms in total. The minimum atomic E-state index is 0.109. The third kappa shape index (κ3) is 16.7. The molecule has 50 heavy (non-hydrogen) atoms. The first-order chi connectivity index (χ1) is 24.4. The SMILES string of the molecule is C=Cc1ccc(CO)cc1.C=Cc1ccc(COCCCC)cc1.CCCCOCc1ccc(C(CC)CC(C)c2ccc(CO)cc2)cc1. The van der Waals surface area contributed by atoms with Crippen molar-refractivity contribution < 1.29 is 19.7 Å². The number of rotatable bonds is 19. The van der Waals surface area contributed by atoms with E-state index in [1.165, 1.54) is 35.1 Å². The number of aliphatic hydroxyl groups excluding tert-OH is 2. The maximum absolute atomic E-state index is 9.19. The van der Waals surface area contributed by atoms with Crippen LogP contribution in [-0.2, 0) is 35.9 Å². The summed E-state index contributed by atoms with van der Waals surface area (Å²) < 4.78 is 11.2. The van der Waals surface area contributed by atoms with E-state index in [0.29, 0.717) is 18.4 Å². The first-order valence-electron chi connectivity index (χ1n) is 18.4. The zero-order valence-electron chi connectivity index (χ0n) is 31.2. The van der Waals surface area contributed by atoms with Gasteiger partial charge in [-0.05, 0) is 82.0 Å². The molecule has 4 rings (SSSR count). The molecule has 0 aliphatic rings. The summed E-state index contributed by atoms with van der Waals surface area (Å²) in [5.74, 6) is 1.07. The standard InChI is InChI=1S/C24H34O2.C13H18O.C9H10O/c1-4-6-15-26-18-21-9-13-24(14-10-21)22(5-2)16-19(3)23-11-7-20(17-25)8-12-23;1-3-5-10-14-11-13-8-6-12(4-2)7-9-13;1-2-8-3-5-9(7-10)6-4-8/h7-14,19,22,25H,4-6,15-18H2,1-3H3;4,6-9H,2-3,5,10-11H2,1H3;2-6,10H,1,7H2. The largest absolute Gasteiger partial charge is 0.392 e. The Labute approximate surface area is 303 Å². The topological polar surface area (TPSA) is 58.9 Å². The third-order valence-electron chi connectivity index (χ3n) is 8.75. The summed E-state index contributed by atoms with van der Waals surface area (Å²) >= 11 is 0. The molecule has 0 aliphatic heterocycles. The zero-order chi connectivity index (χ0) is 36.4. The molecule has 2 N–H and O–H groups in total. The van der Waals surface area contributed by atoms with Gasteiger partial charge in [0.25, 0.3) is 0 Å². The second-order valence-electron chi connectivity index (χ2n) is 12.7. The number of hydrogen-bond acceptors (Lipinski definition) is 4. The second-order valence-corrected chi connectivity index (χ2v) is 12.7. The summed E-state index contributed by atoms with van der Waals surface area (Å²) in [4.78, 5) is 0. The van der Waals surface area contributed by atoms with Crippen molar-refractivity contribution in [2.75, 3.05) is 13.2 Å². The Hall–Kier alpha value is -3.80.